The van der Waals surface area contributed by atoms with Crippen molar-refractivity contribution in [3.63, 3.8) is 0 Å². The highest BCUT2D eigenvalue weighted by atomic mass is 16.5. The molecule has 2 N–H and O–H groups in total. The van der Waals surface area contributed by atoms with E-state index in [1.807, 2.05) is 24.3 Å². The Morgan fingerprint density at radius 1 is 1.18 bits per heavy atom. The summed E-state index contributed by atoms with van der Waals surface area (Å²) < 4.78 is 8.26. The molecule has 6 heterocycles. The van der Waals surface area contributed by atoms with Crippen molar-refractivity contribution in [1.29, 1.82) is 0 Å². The highest BCUT2D eigenvalue weighted by Gasteiger charge is 2.43. The fourth-order valence-electron chi connectivity index (χ4n) is 5.31. The Balaban J connectivity index is 1.39. The number of aryl methyl sites for hydroxylation is 1. The lowest BCUT2D eigenvalue weighted by atomic mass is 9.97. The van der Waals surface area contributed by atoms with Crippen LogP contribution in [0, 0.1) is 0 Å². The largest absolute Gasteiger partial charge is 0.377 e. The number of ether oxygens (including phenoxy) is 1. The van der Waals surface area contributed by atoms with Crippen LogP contribution in [-0.2, 0) is 23.1 Å². The number of hydrogen-bond acceptors (Lipinski definition) is 7. The van der Waals surface area contributed by atoms with E-state index in [2.05, 4.69) is 21.7 Å². The highest BCUT2D eigenvalue weighted by molar-refractivity contribution is 6.10. The maximum absolute atomic E-state index is 13.6. The van der Waals surface area contributed by atoms with Gasteiger partial charge in [0.1, 0.15) is 17.3 Å². The fourth-order valence-corrected chi connectivity index (χ4v) is 5.31. The Morgan fingerprint density at radius 3 is 2.91 bits per heavy atom. The normalized spacial score (nSPS) is 24.5. The molecule has 9 heteroatoms. The molecule has 1 saturated carbocycles. The summed E-state index contributed by atoms with van der Waals surface area (Å²) in [5, 5.41) is 8.80. The Hall–Kier alpha value is -3.17. The molecule has 3 aromatic heterocycles. The molecule has 4 bridgehead atoms. The number of pyridine rings is 2. The van der Waals surface area contributed by atoms with Crippen LogP contribution < -0.4 is 10.6 Å². The van der Waals surface area contributed by atoms with Gasteiger partial charge in [0, 0.05) is 28.7 Å². The number of nitrogens with zero attached hydrogens (tertiary/aromatic N) is 6. The van der Waals surface area contributed by atoms with Crippen LogP contribution >= 0.6 is 0 Å². The topological polar surface area (TPSA) is 112 Å². The number of anilines is 1. The molecule has 1 amide bonds. The van der Waals surface area contributed by atoms with Gasteiger partial charge in [-0.1, -0.05) is 13.0 Å². The Kier molecular flexibility index (Phi) is 3.91. The summed E-state index contributed by atoms with van der Waals surface area (Å²) in [4.78, 5) is 25.1. The number of aromatic nitrogens is 5. The summed E-state index contributed by atoms with van der Waals surface area (Å²) in [5.74, 6) is 2.20. The van der Waals surface area contributed by atoms with Crippen molar-refractivity contribution in [3.05, 3.63) is 52.6 Å². The molecular formula is C24H25N7O2. The predicted molar refractivity (Wildman–Crippen MR) is 120 cm³/mol. The van der Waals surface area contributed by atoms with Crippen molar-refractivity contribution in [2.45, 2.75) is 56.7 Å². The first-order valence-corrected chi connectivity index (χ1v) is 11.6. The highest BCUT2D eigenvalue weighted by Crippen LogP contribution is 2.48. The zero-order valence-corrected chi connectivity index (χ0v) is 18.5. The van der Waals surface area contributed by atoms with Crippen molar-refractivity contribution >= 4 is 11.7 Å². The standard InChI is InChI=1S/C24H25N7O2/c1-24(7-8-24)18-9-14-15-10-30(23(14)32)19-4-2-3-17(26-19)22-29-28-20-6-5-13(31(20)22)11-33-12-16(25)21(15)27-18/h2-4,9,13,16H,5-8,10-12,25H2,1H3/t13-,16+/m1/s1. The zero-order valence-electron chi connectivity index (χ0n) is 18.5. The Labute approximate surface area is 191 Å². The van der Waals surface area contributed by atoms with Crippen LogP contribution in [0.2, 0.25) is 0 Å². The van der Waals surface area contributed by atoms with Gasteiger partial charge in [0.2, 0.25) is 0 Å². The summed E-state index contributed by atoms with van der Waals surface area (Å²) in [6.45, 7) is 3.47. The molecule has 4 aliphatic rings. The minimum absolute atomic E-state index is 0.0294. The van der Waals surface area contributed by atoms with Crippen molar-refractivity contribution in [2.24, 2.45) is 5.73 Å². The van der Waals surface area contributed by atoms with Gasteiger partial charge in [-0.05, 0) is 37.5 Å². The Morgan fingerprint density at radius 2 is 2.06 bits per heavy atom. The van der Waals surface area contributed by atoms with Crippen LogP contribution in [0.25, 0.3) is 11.5 Å². The number of rotatable bonds is 1. The lowest BCUT2D eigenvalue weighted by molar-refractivity contribution is 0.0928. The van der Waals surface area contributed by atoms with Crippen LogP contribution in [0.4, 0.5) is 5.82 Å². The quantitative estimate of drug-likeness (QED) is 0.615. The predicted octanol–water partition coefficient (Wildman–Crippen LogP) is 2.46. The van der Waals surface area contributed by atoms with Gasteiger partial charge >= 0.3 is 0 Å². The van der Waals surface area contributed by atoms with Gasteiger partial charge < -0.3 is 15.0 Å². The monoisotopic (exact) mass is 443 g/mol. The summed E-state index contributed by atoms with van der Waals surface area (Å²) in [5.41, 5.74) is 10.7. The van der Waals surface area contributed by atoms with E-state index in [-0.39, 0.29) is 17.4 Å². The van der Waals surface area contributed by atoms with Gasteiger partial charge in [-0.2, -0.15) is 0 Å². The van der Waals surface area contributed by atoms with Gasteiger partial charge in [0.15, 0.2) is 5.82 Å². The molecule has 0 saturated heterocycles. The molecule has 33 heavy (non-hydrogen) atoms. The molecular weight excluding hydrogens is 418 g/mol. The van der Waals surface area contributed by atoms with Gasteiger partial charge in [0.25, 0.3) is 5.91 Å². The summed E-state index contributed by atoms with van der Waals surface area (Å²) >= 11 is 0. The maximum Gasteiger partial charge on any atom is 0.260 e. The molecule has 0 radical (unpaired) electrons. The molecule has 3 aliphatic heterocycles. The van der Waals surface area contributed by atoms with E-state index in [0.717, 1.165) is 54.3 Å². The second-order valence-electron chi connectivity index (χ2n) is 9.90. The lowest BCUT2D eigenvalue weighted by Gasteiger charge is -2.21. The second-order valence-corrected chi connectivity index (χ2v) is 9.90. The number of carbonyl (C=O) groups excluding carboxylic acids is 1. The molecule has 7 rings (SSSR count). The second kappa shape index (κ2) is 6.68. The van der Waals surface area contributed by atoms with Crippen LogP contribution in [0.5, 0.6) is 0 Å². The van der Waals surface area contributed by atoms with Crippen LogP contribution in [0.1, 0.15) is 71.4 Å². The molecule has 0 unspecified atom stereocenters. The number of hydrogen-bond donors (Lipinski definition) is 1. The molecule has 0 aromatic carbocycles. The third-order valence-electron chi connectivity index (χ3n) is 7.60. The van der Waals surface area contributed by atoms with Gasteiger partial charge in [-0.15, -0.1) is 10.2 Å². The summed E-state index contributed by atoms with van der Waals surface area (Å²) in [6.07, 6.45) is 3.95. The number of amides is 1. The van der Waals surface area contributed by atoms with E-state index in [1.165, 1.54) is 0 Å². The van der Waals surface area contributed by atoms with Crippen molar-refractivity contribution in [2.75, 3.05) is 18.1 Å². The van der Waals surface area contributed by atoms with E-state index >= 15 is 0 Å². The molecule has 2 atom stereocenters. The van der Waals surface area contributed by atoms with Crippen LogP contribution in [0.15, 0.2) is 24.3 Å². The zero-order chi connectivity index (χ0) is 22.3. The molecule has 9 nitrogen and oxygen atoms in total. The number of fused-ring (bicyclic) bond motifs is 5. The summed E-state index contributed by atoms with van der Waals surface area (Å²) in [7, 11) is 0. The van der Waals surface area contributed by atoms with Gasteiger partial charge in [0.05, 0.1) is 37.5 Å². The molecule has 168 valence electrons. The Bertz CT molecular complexity index is 1310. The van der Waals surface area contributed by atoms with Gasteiger partial charge in [-0.25, -0.2) is 4.98 Å². The van der Waals surface area contributed by atoms with E-state index < -0.39 is 6.04 Å². The van der Waals surface area contributed by atoms with Crippen molar-refractivity contribution < 1.29 is 9.53 Å². The number of carbonyl (C=O) groups is 1. The molecule has 3 aromatic rings. The van der Waals surface area contributed by atoms with Gasteiger partial charge in [-0.3, -0.25) is 14.7 Å². The first-order valence-electron chi connectivity index (χ1n) is 11.6. The molecule has 0 spiro atoms. The summed E-state index contributed by atoms with van der Waals surface area (Å²) in [6, 6.07) is 7.41. The third kappa shape index (κ3) is 2.82. The SMILES string of the molecule is CC1(c2cc3c4c(n2)[C@@H](N)COC[C@H]2CCc5nnc(n52)-c2cccc(n2)N(C4)C3=O)CC1. The molecule has 1 aliphatic carbocycles. The number of nitrogens with two attached hydrogens (primary N) is 1. The van der Waals surface area contributed by atoms with E-state index in [4.69, 9.17) is 20.4 Å². The van der Waals surface area contributed by atoms with Crippen LogP contribution in [-0.4, -0.2) is 43.9 Å². The lowest BCUT2D eigenvalue weighted by Crippen LogP contribution is -2.25. The fraction of sp³-hybridized carbons (Fsp3) is 0.458. The first kappa shape index (κ1) is 19.3. The first-order chi connectivity index (χ1) is 16.0. The average molecular weight is 444 g/mol. The smallest absolute Gasteiger partial charge is 0.260 e. The van der Waals surface area contributed by atoms with E-state index in [9.17, 15) is 4.79 Å². The maximum atomic E-state index is 13.6. The van der Waals surface area contributed by atoms with Crippen LogP contribution in [0.3, 0.4) is 0 Å². The van der Waals surface area contributed by atoms with Crippen molar-refractivity contribution in [1.82, 2.24) is 24.7 Å². The minimum atomic E-state index is -0.405. The molecule has 1 fully saturated rings. The third-order valence-corrected chi connectivity index (χ3v) is 7.60. The minimum Gasteiger partial charge on any atom is -0.377 e. The average Bonchev–Trinajstić information content (AvgIpc) is 3.14. The van der Waals surface area contributed by atoms with Crippen molar-refractivity contribution in [3.8, 4) is 11.5 Å². The van der Waals surface area contributed by atoms with E-state index in [1.54, 1.807) is 4.90 Å². The van der Waals surface area contributed by atoms with E-state index in [0.29, 0.717) is 36.8 Å².